The highest BCUT2D eigenvalue weighted by Crippen LogP contribution is 1.81. The summed E-state index contributed by atoms with van der Waals surface area (Å²) in [5, 5.41) is 22.6. The molecule has 1 aromatic heterocycles. The molecule has 0 radical (unpaired) electrons. The predicted molar refractivity (Wildman–Crippen MR) is 28.3 cm³/mol. The van der Waals surface area contributed by atoms with Gasteiger partial charge in [-0.05, 0) is 6.92 Å². The normalized spacial score (nSPS) is 9.56. The number of aliphatic hydroxyl groups is 1. The van der Waals surface area contributed by atoms with Crippen molar-refractivity contribution >= 4 is 0 Å². The Kier molecular flexibility index (Phi) is 1.64. The molecule has 9 heavy (non-hydrogen) atoms. The minimum absolute atomic E-state index is 0.208. The molecular weight excluding hydrogens is 120 g/mol. The van der Waals surface area contributed by atoms with Gasteiger partial charge in [0.1, 0.15) is 6.61 Å². The van der Waals surface area contributed by atoms with E-state index >= 15 is 0 Å². The van der Waals surface area contributed by atoms with Gasteiger partial charge in [0, 0.05) is 0 Å². The van der Waals surface area contributed by atoms with E-state index in [0.717, 1.165) is 0 Å². The Hall–Kier alpha value is -1.10. The summed E-state index contributed by atoms with van der Waals surface area (Å²) >= 11 is 0. The molecule has 1 heterocycles. The molecule has 0 amide bonds. The van der Waals surface area contributed by atoms with Gasteiger partial charge in [0.25, 0.3) is 0 Å². The van der Waals surface area contributed by atoms with Crippen molar-refractivity contribution in [1.82, 2.24) is 20.4 Å². The van der Waals surface area contributed by atoms with Gasteiger partial charge in [-0.2, -0.15) is 0 Å². The van der Waals surface area contributed by atoms with Crippen molar-refractivity contribution in [2.75, 3.05) is 0 Å². The first-order valence-corrected chi connectivity index (χ1v) is 2.46. The van der Waals surface area contributed by atoms with Crippen LogP contribution in [0.5, 0.6) is 0 Å². The molecule has 0 aliphatic heterocycles. The Labute approximate surface area is 51.8 Å². The van der Waals surface area contributed by atoms with Crippen LogP contribution < -0.4 is 0 Å². The van der Waals surface area contributed by atoms with E-state index in [-0.39, 0.29) is 12.4 Å². The monoisotopic (exact) mass is 126 g/mol. The van der Waals surface area contributed by atoms with Gasteiger partial charge in [-0.1, -0.05) is 0 Å². The van der Waals surface area contributed by atoms with Crippen LogP contribution in [0.1, 0.15) is 11.6 Å². The first-order valence-electron chi connectivity index (χ1n) is 2.46. The zero-order chi connectivity index (χ0) is 6.69. The van der Waals surface area contributed by atoms with E-state index in [4.69, 9.17) is 5.11 Å². The first-order chi connectivity index (χ1) is 4.33. The highest BCUT2D eigenvalue weighted by molar-refractivity contribution is 4.75. The van der Waals surface area contributed by atoms with Crippen molar-refractivity contribution in [1.29, 1.82) is 0 Å². The minimum Gasteiger partial charge on any atom is -0.388 e. The Bertz CT molecular complexity index is 184. The third-order valence-corrected chi connectivity index (χ3v) is 0.762. The van der Waals surface area contributed by atoms with E-state index < -0.39 is 0 Å². The fourth-order valence-corrected chi connectivity index (χ4v) is 0.363. The van der Waals surface area contributed by atoms with E-state index in [1.54, 1.807) is 6.92 Å². The molecule has 0 saturated carbocycles. The minimum atomic E-state index is -0.208. The van der Waals surface area contributed by atoms with E-state index in [2.05, 4.69) is 20.4 Å². The number of rotatable bonds is 1. The molecule has 0 saturated heterocycles. The molecule has 0 atom stereocenters. The number of hydrogen-bond donors (Lipinski definition) is 1. The second kappa shape index (κ2) is 2.45. The molecule has 5 nitrogen and oxygen atoms in total. The maximum atomic E-state index is 8.42. The van der Waals surface area contributed by atoms with Crippen molar-refractivity contribution in [3.05, 3.63) is 11.6 Å². The van der Waals surface area contributed by atoms with Gasteiger partial charge in [-0.15, -0.1) is 20.4 Å². The molecule has 5 heteroatoms. The van der Waals surface area contributed by atoms with Gasteiger partial charge in [-0.25, -0.2) is 0 Å². The molecule has 0 unspecified atom stereocenters. The lowest BCUT2D eigenvalue weighted by molar-refractivity contribution is 0.267. The fourth-order valence-electron chi connectivity index (χ4n) is 0.363. The number of aliphatic hydroxyl groups excluding tert-OH is 1. The average molecular weight is 126 g/mol. The predicted octanol–water partition coefficient (Wildman–Crippen LogP) is -0.933. The lowest BCUT2D eigenvalue weighted by Crippen LogP contribution is -2.01. The summed E-state index contributed by atoms with van der Waals surface area (Å²) in [6, 6.07) is 0. The summed E-state index contributed by atoms with van der Waals surface area (Å²) in [6.45, 7) is 1.47. The summed E-state index contributed by atoms with van der Waals surface area (Å²) in [4.78, 5) is 0. The van der Waals surface area contributed by atoms with E-state index in [9.17, 15) is 0 Å². The van der Waals surface area contributed by atoms with Crippen LogP contribution in [-0.2, 0) is 6.61 Å². The van der Waals surface area contributed by atoms with Crippen LogP contribution in [0, 0.1) is 6.92 Å². The molecular formula is C4H6N4O. The third-order valence-electron chi connectivity index (χ3n) is 0.762. The second-order valence-electron chi connectivity index (χ2n) is 1.52. The van der Waals surface area contributed by atoms with Gasteiger partial charge in [-0.3, -0.25) is 0 Å². The zero-order valence-corrected chi connectivity index (χ0v) is 4.94. The van der Waals surface area contributed by atoms with E-state index in [0.29, 0.717) is 5.82 Å². The van der Waals surface area contributed by atoms with Gasteiger partial charge in [0.05, 0.1) is 0 Å². The molecule has 0 fully saturated rings. The van der Waals surface area contributed by atoms with Crippen LogP contribution in [0.3, 0.4) is 0 Å². The van der Waals surface area contributed by atoms with E-state index in [1.807, 2.05) is 0 Å². The fraction of sp³-hybridized carbons (Fsp3) is 0.500. The second-order valence-corrected chi connectivity index (χ2v) is 1.52. The smallest absolute Gasteiger partial charge is 0.198 e. The molecule has 0 aromatic carbocycles. The number of nitrogens with zero attached hydrogens (tertiary/aromatic N) is 4. The van der Waals surface area contributed by atoms with Gasteiger partial charge >= 0.3 is 0 Å². The van der Waals surface area contributed by atoms with Crippen molar-refractivity contribution < 1.29 is 5.11 Å². The van der Waals surface area contributed by atoms with Gasteiger partial charge in [0.15, 0.2) is 11.6 Å². The van der Waals surface area contributed by atoms with Crippen molar-refractivity contribution in [3.63, 3.8) is 0 Å². The van der Waals surface area contributed by atoms with Crippen molar-refractivity contribution in [2.24, 2.45) is 0 Å². The Morgan fingerprint density at radius 1 is 1.22 bits per heavy atom. The number of hydrogen-bond acceptors (Lipinski definition) is 5. The maximum absolute atomic E-state index is 8.42. The lowest BCUT2D eigenvalue weighted by atomic mass is 10.7. The summed E-state index contributed by atoms with van der Waals surface area (Å²) in [7, 11) is 0. The van der Waals surface area contributed by atoms with Crippen LogP contribution in [0.2, 0.25) is 0 Å². The summed E-state index contributed by atoms with van der Waals surface area (Å²) in [5.74, 6) is 0.757. The Morgan fingerprint density at radius 3 is 2.22 bits per heavy atom. The van der Waals surface area contributed by atoms with Crippen molar-refractivity contribution in [3.8, 4) is 0 Å². The third kappa shape index (κ3) is 1.39. The van der Waals surface area contributed by atoms with E-state index in [1.165, 1.54) is 0 Å². The average Bonchev–Trinajstić information content (AvgIpc) is 1.90. The molecule has 0 aliphatic carbocycles. The van der Waals surface area contributed by atoms with Crippen LogP contribution >= 0.6 is 0 Å². The van der Waals surface area contributed by atoms with Crippen molar-refractivity contribution in [2.45, 2.75) is 13.5 Å². The summed E-state index contributed by atoms with van der Waals surface area (Å²) in [5.41, 5.74) is 0. The highest BCUT2D eigenvalue weighted by Gasteiger charge is 1.92. The molecule has 0 bridgehead atoms. The van der Waals surface area contributed by atoms with Crippen LogP contribution in [-0.4, -0.2) is 25.5 Å². The SMILES string of the molecule is Cc1nnc(CO)nn1. The first kappa shape index (κ1) is 6.03. The summed E-state index contributed by atoms with van der Waals surface area (Å²) in [6.07, 6.45) is 0. The molecule has 1 rings (SSSR count). The zero-order valence-electron chi connectivity index (χ0n) is 4.94. The lowest BCUT2D eigenvalue weighted by Gasteiger charge is -1.89. The van der Waals surface area contributed by atoms with Gasteiger partial charge in [0.2, 0.25) is 0 Å². The molecule has 1 aromatic rings. The summed E-state index contributed by atoms with van der Waals surface area (Å²) < 4.78 is 0. The standard InChI is InChI=1S/C4H6N4O/c1-3-5-7-4(2-9)8-6-3/h9H,2H2,1H3. The molecule has 1 N–H and O–H groups in total. The quantitative estimate of drug-likeness (QED) is 0.526. The molecule has 48 valence electrons. The molecule has 0 spiro atoms. The largest absolute Gasteiger partial charge is 0.388 e. The van der Waals surface area contributed by atoms with Crippen LogP contribution in [0.25, 0.3) is 0 Å². The topological polar surface area (TPSA) is 71.8 Å². The highest BCUT2D eigenvalue weighted by atomic mass is 16.3. The van der Waals surface area contributed by atoms with Gasteiger partial charge < -0.3 is 5.11 Å². The Balaban J connectivity index is 2.88. The number of aryl methyl sites for hydroxylation is 1. The van der Waals surface area contributed by atoms with Crippen LogP contribution in [0.15, 0.2) is 0 Å². The van der Waals surface area contributed by atoms with Crippen LogP contribution in [0.4, 0.5) is 0 Å². The molecule has 0 aliphatic rings. The Morgan fingerprint density at radius 2 is 1.78 bits per heavy atom. The number of aromatic nitrogens is 4. The maximum Gasteiger partial charge on any atom is 0.198 e.